The highest BCUT2D eigenvalue weighted by molar-refractivity contribution is 5.89. The van der Waals surface area contributed by atoms with Crippen molar-refractivity contribution in [2.45, 2.75) is 46.1 Å². The van der Waals surface area contributed by atoms with Crippen molar-refractivity contribution in [2.75, 3.05) is 13.2 Å². The van der Waals surface area contributed by atoms with Crippen LogP contribution in [-0.4, -0.2) is 37.2 Å². The number of carbonyl (C=O) groups is 3. The Labute approximate surface area is 143 Å². The Morgan fingerprint density at radius 2 is 1.50 bits per heavy atom. The Morgan fingerprint density at radius 3 is 2.00 bits per heavy atom. The first kappa shape index (κ1) is 21.6. The second-order valence-corrected chi connectivity index (χ2v) is 5.48. The lowest BCUT2D eigenvalue weighted by atomic mass is 10.1. The minimum absolute atomic E-state index is 0.00650. The predicted molar refractivity (Wildman–Crippen MR) is 90.1 cm³/mol. The minimum atomic E-state index is -0.858. The first-order valence-electron chi connectivity index (χ1n) is 7.73. The van der Waals surface area contributed by atoms with Crippen LogP contribution in [0.25, 0.3) is 0 Å². The Bertz CT molecular complexity index is 518. The van der Waals surface area contributed by atoms with Crippen molar-refractivity contribution in [1.82, 2.24) is 0 Å². The molecule has 0 aromatic carbocycles. The van der Waals surface area contributed by atoms with Gasteiger partial charge in [-0.3, -0.25) is 0 Å². The van der Waals surface area contributed by atoms with E-state index in [0.717, 1.165) is 12.8 Å². The van der Waals surface area contributed by atoms with E-state index in [9.17, 15) is 14.4 Å². The lowest BCUT2D eigenvalue weighted by molar-refractivity contribution is -0.154. The van der Waals surface area contributed by atoms with Gasteiger partial charge < -0.3 is 14.2 Å². The van der Waals surface area contributed by atoms with Gasteiger partial charge in [0.25, 0.3) is 0 Å². The second kappa shape index (κ2) is 11.2. The van der Waals surface area contributed by atoms with Gasteiger partial charge in [-0.05, 0) is 20.3 Å². The molecule has 0 aromatic heterocycles. The third-order valence-corrected chi connectivity index (χ3v) is 2.86. The predicted octanol–water partition coefficient (Wildman–Crippen LogP) is 2.88. The molecule has 0 aromatic rings. The number of carbonyl (C=O) groups excluding carboxylic acids is 3. The van der Waals surface area contributed by atoms with E-state index >= 15 is 0 Å². The van der Waals surface area contributed by atoms with Gasteiger partial charge in [0, 0.05) is 23.1 Å². The van der Waals surface area contributed by atoms with E-state index in [1.807, 2.05) is 6.92 Å². The summed E-state index contributed by atoms with van der Waals surface area (Å²) in [4.78, 5) is 35.0. The van der Waals surface area contributed by atoms with Crippen molar-refractivity contribution in [3.8, 4) is 0 Å². The maximum Gasteiger partial charge on any atom is 0.333 e. The first-order valence-corrected chi connectivity index (χ1v) is 7.73. The van der Waals surface area contributed by atoms with E-state index in [0.29, 0.717) is 6.61 Å². The molecule has 0 saturated heterocycles. The number of hydrogen-bond acceptors (Lipinski definition) is 6. The number of rotatable bonds is 11. The fraction of sp³-hybridized carbons (Fsp3) is 0.500. The van der Waals surface area contributed by atoms with E-state index in [4.69, 9.17) is 14.2 Å². The Morgan fingerprint density at radius 1 is 0.917 bits per heavy atom. The molecule has 0 aliphatic heterocycles. The molecule has 1 unspecified atom stereocenters. The largest absolute Gasteiger partial charge is 0.462 e. The monoisotopic (exact) mass is 338 g/mol. The summed E-state index contributed by atoms with van der Waals surface area (Å²) in [5, 5.41) is 0. The van der Waals surface area contributed by atoms with Gasteiger partial charge in [0.15, 0.2) is 0 Å². The molecule has 0 N–H and O–H groups in total. The molecule has 0 saturated carbocycles. The molecule has 24 heavy (non-hydrogen) atoms. The van der Waals surface area contributed by atoms with E-state index in [-0.39, 0.29) is 29.7 Å². The average molecular weight is 338 g/mol. The van der Waals surface area contributed by atoms with Crippen LogP contribution in [0.2, 0.25) is 0 Å². The minimum Gasteiger partial charge on any atom is -0.462 e. The topological polar surface area (TPSA) is 78.9 Å². The molecule has 0 aliphatic carbocycles. The van der Waals surface area contributed by atoms with Gasteiger partial charge in [-0.1, -0.05) is 33.1 Å². The molecule has 6 heteroatoms. The molecule has 1 atom stereocenters. The van der Waals surface area contributed by atoms with Crippen LogP contribution in [0.5, 0.6) is 0 Å². The van der Waals surface area contributed by atoms with Crippen LogP contribution in [0.15, 0.2) is 36.5 Å². The molecule has 0 aliphatic rings. The van der Waals surface area contributed by atoms with Crippen LogP contribution in [0.1, 0.15) is 40.0 Å². The third kappa shape index (κ3) is 8.92. The van der Waals surface area contributed by atoms with Crippen LogP contribution < -0.4 is 0 Å². The quantitative estimate of drug-likeness (QED) is 0.249. The van der Waals surface area contributed by atoms with Crippen LogP contribution in [-0.2, 0) is 28.6 Å². The fourth-order valence-corrected chi connectivity index (χ4v) is 1.45. The Hall–Kier alpha value is -2.37. The fourth-order valence-electron chi connectivity index (χ4n) is 1.45. The molecule has 0 fully saturated rings. The van der Waals surface area contributed by atoms with Gasteiger partial charge in [0.05, 0.1) is 6.61 Å². The van der Waals surface area contributed by atoms with Crippen molar-refractivity contribution in [2.24, 2.45) is 0 Å². The van der Waals surface area contributed by atoms with E-state index < -0.39 is 24.0 Å². The second-order valence-electron chi connectivity index (χ2n) is 5.48. The Balaban J connectivity index is 4.72. The summed E-state index contributed by atoms with van der Waals surface area (Å²) in [6.07, 6.45) is 0.787. The Kier molecular flexibility index (Phi) is 10.1. The summed E-state index contributed by atoms with van der Waals surface area (Å²) < 4.78 is 15.2. The van der Waals surface area contributed by atoms with Crippen molar-refractivity contribution >= 4 is 17.9 Å². The van der Waals surface area contributed by atoms with Crippen LogP contribution in [0.3, 0.4) is 0 Å². The smallest absolute Gasteiger partial charge is 0.333 e. The normalized spacial score (nSPS) is 11.1. The molecule has 0 radical (unpaired) electrons. The summed E-state index contributed by atoms with van der Waals surface area (Å²) in [5.41, 5.74) is 0.553. The maximum absolute atomic E-state index is 11.8. The molecule has 6 nitrogen and oxygen atoms in total. The SMILES string of the molecule is C=C(C)C(=O)OCC(CC(=C)C(=O)OCCCC)OC(=O)C(=C)C. The van der Waals surface area contributed by atoms with E-state index in [1.165, 1.54) is 13.8 Å². The average Bonchev–Trinajstić information content (AvgIpc) is 2.51. The number of hydrogen-bond donors (Lipinski definition) is 0. The van der Waals surface area contributed by atoms with Gasteiger partial charge in [0.2, 0.25) is 0 Å². The third-order valence-electron chi connectivity index (χ3n) is 2.86. The molecule has 134 valence electrons. The summed E-state index contributed by atoms with van der Waals surface area (Å²) in [5.74, 6) is -1.81. The number of unbranched alkanes of at least 4 members (excludes halogenated alkanes) is 1. The highest BCUT2D eigenvalue weighted by Crippen LogP contribution is 2.12. The van der Waals surface area contributed by atoms with Crippen LogP contribution in [0.4, 0.5) is 0 Å². The molecule has 0 heterocycles. The van der Waals surface area contributed by atoms with Crippen molar-refractivity contribution < 1.29 is 28.6 Å². The number of ether oxygens (including phenoxy) is 3. The van der Waals surface area contributed by atoms with Gasteiger partial charge in [0.1, 0.15) is 12.7 Å². The maximum atomic E-state index is 11.8. The number of esters is 3. The summed E-state index contributed by atoms with van der Waals surface area (Å²) >= 11 is 0. The zero-order valence-electron chi connectivity index (χ0n) is 14.7. The summed E-state index contributed by atoms with van der Waals surface area (Å²) in [6.45, 7) is 15.6. The van der Waals surface area contributed by atoms with Gasteiger partial charge >= 0.3 is 17.9 Å². The lowest BCUT2D eigenvalue weighted by Crippen LogP contribution is -2.27. The highest BCUT2D eigenvalue weighted by atomic mass is 16.6. The lowest BCUT2D eigenvalue weighted by Gasteiger charge is -2.18. The molecule has 0 rings (SSSR count). The van der Waals surface area contributed by atoms with E-state index in [1.54, 1.807) is 0 Å². The summed E-state index contributed by atoms with van der Waals surface area (Å²) in [6, 6.07) is 0. The zero-order chi connectivity index (χ0) is 18.7. The van der Waals surface area contributed by atoms with E-state index in [2.05, 4.69) is 19.7 Å². The van der Waals surface area contributed by atoms with Gasteiger partial charge in [-0.25, -0.2) is 14.4 Å². The molecular formula is C18H26O6. The summed E-state index contributed by atoms with van der Waals surface area (Å²) in [7, 11) is 0. The molecule has 0 bridgehead atoms. The van der Waals surface area contributed by atoms with Gasteiger partial charge in [-0.2, -0.15) is 0 Å². The molecular weight excluding hydrogens is 312 g/mol. The van der Waals surface area contributed by atoms with Crippen LogP contribution in [0, 0.1) is 0 Å². The molecule has 0 spiro atoms. The van der Waals surface area contributed by atoms with Crippen molar-refractivity contribution in [3.05, 3.63) is 36.5 Å². The molecule has 0 amide bonds. The van der Waals surface area contributed by atoms with Gasteiger partial charge in [-0.15, -0.1) is 0 Å². The van der Waals surface area contributed by atoms with Crippen LogP contribution >= 0.6 is 0 Å². The van der Waals surface area contributed by atoms with Crippen molar-refractivity contribution in [1.29, 1.82) is 0 Å². The zero-order valence-corrected chi connectivity index (χ0v) is 14.7. The van der Waals surface area contributed by atoms with Crippen molar-refractivity contribution in [3.63, 3.8) is 0 Å². The first-order chi connectivity index (χ1) is 11.2. The highest BCUT2D eigenvalue weighted by Gasteiger charge is 2.22. The standard InChI is InChI=1S/C18H26O6/c1-7-8-9-22-18(21)14(6)10-15(24-17(20)13(4)5)11-23-16(19)12(2)3/h15H,2,4,6-11H2,1,3,5H3.